The Hall–Kier alpha value is -2.31. The van der Waals surface area contributed by atoms with Crippen LogP contribution >= 0.6 is 0 Å². The molecular weight excluding hydrogens is 210 g/mol. The molecule has 2 rings (SSSR count). The van der Waals surface area contributed by atoms with Crippen LogP contribution in [0.5, 0.6) is 0 Å². The molecule has 0 saturated carbocycles. The molecule has 0 aliphatic carbocycles. The molecule has 7 nitrogen and oxygen atoms in total. The van der Waals surface area contributed by atoms with Crippen LogP contribution in [0.4, 0.5) is 0 Å². The van der Waals surface area contributed by atoms with Crippen LogP contribution in [0.3, 0.4) is 0 Å². The minimum absolute atomic E-state index is 0.150. The highest BCUT2D eigenvalue weighted by atomic mass is 16.2. The van der Waals surface area contributed by atoms with Crippen molar-refractivity contribution in [3.8, 4) is 0 Å². The maximum atomic E-state index is 10.8. The molecule has 7 heteroatoms. The average molecular weight is 219 g/mol. The summed E-state index contributed by atoms with van der Waals surface area (Å²) < 4.78 is 0. The summed E-state index contributed by atoms with van der Waals surface area (Å²) in [6.45, 7) is 2.09. The summed E-state index contributed by atoms with van der Waals surface area (Å²) in [6, 6.07) is 0. The lowest BCUT2D eigenvalue weighted by Gasteiger charge is -1.97. The maximum Gasteiger partial charge on any atom is 0.316 e. The summed E-state index contributed by atoms with van der Waals surface area (Å²) in [5, 5.41) is 4.57. The Morgan fingerprint density at radius 3 is 2.44 bits per heavy atom. The minimum Gasteiger partial charge on any atom is -0.288 e. The molecule has 1 aromatic rings. The smallest absolute Gasteiger partial charge is 0.288 e. The van der Waals surface area contributed by atoms with Crippen molar-refractivity contribution >= 4 is 17.8 Å². The highest BCUT2D eigenvalue weighted by Gasteiger charge is 2.24. The van der Waals surface area contributed by atoms with Gasteiger partial charge in [0.05, 0.1) is 24.1 Å². The van der Waals surface area contributed by atoms with Crippen LogP contribution < -0.4 is 10.6 Å². The topological polar surface area (TPSA) is 96.3 Å². The number of nitrogens with one attached hydrogen (secondary N) is 2. The summed E-state index contributed by atoms with van der Waals surface area (Å²) in [6.07, 6.45) is 3.22. The van der Waals surface area contributed by atoms with E-state index in [1.165, 1.54) is 0 Å². The van der Waals surface area contributed by atoms with Gasteiger partial charge in [0, 0.05) is 6.20 Å². The molecule has 0 aromatic carbocycles. The van der Waals surface area contributed by atoms with Crippen molar-refractivity contribution in [1.82, 2.24) is 20.6 Å². The van der Waals surface area contributed by atoms with Gasteiger partial charge in [0.1, 0.15) is 0 Å². The molecule has 2 heterocycles. The lowest BCUT2D eigenvalue weighted by atomic mass is 10.4. The molecule has 1 aliphatic rings. The van der Waals surface area contributed by atoms with E-state index in [1.54, 1.807) is 12.4 Å². The predicted octanol–water partition coefficient (Wildman–Crippen LogP) is -1.11. The van der Waals surface area contributed by atoms with Crippen molar-refractivity contribution in [2.24, 2.45) is 4.99 Å². The first-order valence-corrected chi connectivity index (χ1v) is 4.59. The van der Waals surface area contributed by atoms with E-state index in [0.717, 1.165) is 5.69 Å². The minimum atomic E-state index is -0.700. The molecule has 0 radical (unpaired) electrons. The number of aryl methyl sites for hydroxylation is 1. The van der Waals surface area contributed by atoms with Crippen LogP contribution in [-0.2, 0) is 16.1 Å². The van der Waals surface area contributed by atoms with Crippen LogP contribution in [0.2, 0.25) is 0 Å². The van der Waals surface area contributed by atoms with Crippen molar-refractivity contribution in [2.45, 2.75) is 13.5 Å². The van der Waals surface area contributed by atoms with Crippen molar-refractivity contribution in [3.63, 3.8) is 0 Å². The first-order valence-electron chi connectivity index (χ1n) is 4.59. The number of rotatable bonds is 2. The molecule has 82 valence electrons. The highest BCUT2D eigenvalue weighted by Crippen LogP contribution is 1.96. The van der Waals surface area contributed by atoms with Gasteiger partial charge in [-0.25, -0.2) is 4.99 Å². The van der Waals surface area contributed by atoms with Gasteiger partial charge in [-0.15, -0.1) is 0 Å². The van der Waals surface area contributed by atoms with E-state index in [1.807, 2.05) is 6.92 Å². The first kappa shape index (κ1) is 10.2. The largest absolute Gasteiger partial charge is 0.316 e. The Kier molecular flexibility index (Phi) is 2.59. The fraction of sp³-hybridized carbons (Fsp3) is 0.222. The molecule has 2 amide bonds. The van der Waals surface area contributed by atoms with Crippen LogP contribution in [0, 0.1) is 6.92 Å². The average Bonchev–Trinajstić information content (AvgIpc) is 2.58. The van der Waals surface area contributed by atoms with Crippen molar-refractivity contribution in [3.05, 3.63) is 23.8 Å². The molecule has 1 aromatic heterocycles. The second-order valence-electron chi connectivity index (χ2n) is 3.22. The van der Waals surface area contributed by atoms with Gasteiger partial charge in [0.25, 0.3) is 0 Å². The summed E-state index contributed by atoms with van der Waals surface area (Å²) in [4.78, 5) is 33.7. The van der Waals surface area contributed by atoms with E-state index < -0.39 is 11.8 Å². The Balaban J connectivity index is 2.02. The van der Waals surface area contributed by atoms with Gasteiger partial charge in [-0.05, 0) is 6.92 Å². The van der Waals surface area contributed by atoms with Gasteiger partial charge in [0.2, 0.25) is 5.96 Å². The number of amides is 2. The molecule has 1 aliphatic heterocycles. The number of hydrogen-bond acceptors (Lipinski definition) is 5. The SMILES string of the molecule is Cc1cnc(CN=C2NC(=O)C(=O)N2)cn1. The number of aromatic nitrogens is 2. The highest BCUT2D eigenvalue weighted by molar-refractivity contribution is 6.45. The van der Waals surface area contributed by atoms with E-state index >= 15 is 0 Å². The van der Waals surface area contributed by atoms with E-state index in [2.05, 4.69) is 25.6 Å². The van der Waals surface area contributed by atoms with Gasteiger partial charge in [-0.1, -0.05) is 0 Å². The van der Waals surface area contributed by atoms with E-state index in [0.29, 0.717) is 5.69 Å². The summed E-state index contributed by atoms with van der Waals surface area (Å²) >= 11 is 0. The molecule has 1 saturated heterocycles. The number of aliphatic imine (C=N–C) groups is 1. The van der Waals surface area contributed by atoms with Crippen molar-refractivity contribution in [2.75, 3.05) is 0 Å². The van der Waals surface area contributed by atoms with Gasteiger partial charge in [-0.3, -0.25) is 30.2 Å². The second-order valence-corrected chi connectivity index (χ2v) is 3.22. The molecule has 1 fully saturated rings. The molecular formula is C9H9N5O2. The zero-order valence-corrected chi connectivity index (χ0v) is 8.52. The summed E-state index contributed by atoms with van der Waals surface area (Å²) in [5.41, 5.74) is 1.48. The van der Waals surface area contributed by atoms with E-state index in [9.17, 15) is 9.59 Å². The zero-order valence-electron chi connectivity index (χ0n) is 8.52. The predicted molar refractivity (Wildman–Crippen MR) is 54.2 cm³/mol. The Morgan fingerprint density at radius 2 is 1.88 bits per heavy atom. The molecule has 0 atom stereocenters. The quantitative estimate of drug-likeness (QED) is 0.616. The third-order valence-corrected chi connectivity index (χ3v) is 1.90. The fourth-order valence-electron chi connectivity index (χ4n) is 1.10. The number of carbonyl (C=O) groups excluding carboxylic acids is 2. The lowest BCUT2D eigenvalue weighted by Crippen LogP contribution is -2.25. The standard InChI is InChI=1S/C9H9N5O2/c1-5-2-11-6(3-10-5)4-12-9-13-7(15)8(16)14-9/h2-3H,4H2,1H3,(H2,12,13,14,15,16). The maximum absolute atomic E-state index is 10.8. The zero-order chi connectivity index (χ0) is 11.5. The normalized spacial score (nSPS) is 14.7. The number of nitrogens with zero attached hydrogens (tertiary/aromatic N) is 3. The molecule has 0 spiro atoms. The fourth-order valence-corrected chi connectivity index (χ4v) is 1.10. The number of guanidine groups is 1. The third kappa shape index (κ3) is 2.19. The number of hydrogen-bond donors (Lipinski definition) is 2. The monoisotopic (exact) mass is 219 g/mol. The Labute approximate surface area is 91.0 Å². The first-order chi connectivity index (χ1) is 7.65. The molecule has 0 bridgehead atoms. The molecule has 0 unspecified atom stereocenters. The van der Waals surface area contributed by atoms with Crippen LogP contribution in [0.25, 0.3) is 0 Å². The van der Waals surface area contributed by atoms with E-state index in [4.69, 9.17) is 0 Å². The van der Waals surface area contributed by atoms with Gasteiger partial charge >= 0.3 is 11.8 Å². The van der Waals surface area contributed by atoms with Gasteiger partial charge in [-0.2, -0.15) is 0 Å². The van der Waals surface area contributed by atoms with Crippen LogP contribution in [0.1, 0.15) is 11.4 Å². The van der Waals surface area contributed by atoms with Crippen molar-refractivity contribution < 1.29 is 9.59 Å². The van der Waals surface area contributed by atoms with E-state index in [-0.39, 0.29) is 12.5 Å². The van der Waals surface area contributed by atoms with Gasteiger partial charge in [0.15, 0.2) is 0 Å². The molecule has 2 N–H and O–H groups in total. The number of carbonyl (C=O) groups is 2. The summed E-state index contributed by atoms with van der Waals surface area (Å²) in [7, 11) is 0. The van der Waals surface area contributed by atoms with Crippen LogP contribution in [-0.4, -0.2) is 27.7 Å². The second kappa shape index (κ2) is 4.05. The van der Waals surface area contributed by atoms with Crippen LogP contribution in [0.15, 0.2) is 17.4 Å². The Bertz CT molecular complexity index is 447. The lowest BCUT2D eigenvalue weighted by molar-refractivity contribution is -0.135. The van der Waals surface area contributed by atoms with Gasteiger partial charge < -0.3 is 0 Å². The third-order valence-electron chi connectivity index (χ3n) is 1.90. The Morgan fingerprint density at radius 1 is 1.19 bits per heavy atom. The molecule has 16 heavy (non-hydrogen) atoms. The van der Waals surface area contributed by atoms with Crippen molar-refractivity contribution in [1.29, 1.82) is 0 Å². The summed E-state index contributed by atoms with van der Waals surface area (Å²) in [5.74, 6) is -1.25.